The first-order chi connectivity index (χ1) is 5.74. The van der Waals surface area contributed by atoms with Crippen molar-refractivity contribution in [2.24, 2.45) is 5.73 Å². The van der Waals surface area contributed by atoms with E-state index >= 15 is 0 Å². The first-order valence-corrected chi connectivity index (χ1v) is 4.30. The number of carbonyl (C=O) groups excluding carboxylic acids is 1. The van der Waals surface area contributed by atoms with Crippen molar-refractivity contribution in [3.8, 4) is 0 Å². The minimum Gasteiger partial charge on any atom is -0.351 e. The summed E-state index contributed by atoms with van der Waals surface area (Å²) in [7, 11) is 0. The highest BCUT2D eigenvalue weighted by atomic mass is 19.1. The van der Waals surface area contributed by atoms with Gasteiger partial charge >= 0.3 is 0 Å². The molecular weight excluding hydrogens is 159 g/mol. The molecule has 0 spiro atoms. The fraction of sp³-hybridized carbons (Fsp3) is 0.875. The molecule has 0 aliphatic rings. The first kappa shape index (κ1) is 11.4. The highest BCUT2D eigenvalue weighted by molar-refractivity contribution is 5.76. The van der Waals surface area contributed by atoms with E-state index in [1.54, 1.807) is 0 Å². The highest BCUT2D eigenvalue weighted by Gasteiger charge is 2.09. The number of alkyl halides is 1. The maximum atomic E-state index is 12.2. The van der Waals surface area contributed by atoms with Crippen LogP contribution in [0.1, 0.15) is 26.2 Å². The topological polar surface area (TPSA) is 55.1 Å². The van der Waals surface area contributed by atoms with Crippen molar-refractivity contribution in [2.75, 3.05) is 13.2 Å². The average Bonchev–Trinajstić information content (AvgIpc) is 2.04. The molecule has 0 aliphatic heterocycles. The van der Waals surface area contributed by atoms with Gasteiger partial charge in [-0.2, -0.15) is 0 Å². The SMILES string of the molecule is CCCC(=O)NC(CF)CCN. The number of hydrogen-bond acceptors (Lipinski definition) is 2. The minimum atomic E-state index is -0.535. The van der Waals surface area contributed by atoms with E-state index in [9.17, 15) is 9.18 Å². The molecule has 0 radical (unpaired) electrons. The van der Waals surface area contributed by atoms with Crippen LogP contribution in [0, 0.1) is 0 Å². The number of amides is 1. The number of carbonyl (C=O) groups is 1. The summed E-state index contributed by atoms with van der Waals surface area (Å²) in [6.07, 6.45) is 1.75. The van der Waals surface area contributed by atoms with Crippen molar-refractivity contribution < 1.29 is 9.18 Å². The second kappa shape index (κ2) is 7.03. The molecule has 0 bridgehead atoms. The lowest BCUT2D eigenvalue weighted by Gasteiger charge is -2.13. The van der Waals surface area contributed by atoms with Gasteiger partial charge in [-0.3, -0.25) is 4.79 Å². The van der Waals surface area contributed by atoms with Gasteiger partial charge in [-0.05, 0) is 19.4 Å². The van der Waals surface area contributed by atoms with Crippen LogP contribution in [0.2, 0.25) is 0 Å². The van der Waals surface area contributed by atoms with Gasteiger partial charge in [0.05, 0.1) is 6.04 Å². The van der Waals surface area contributed by atoms with Crippen molar-refractivity contribution >= 4 is 5.91 Å². The van der Waals surface area contributed by atoms with Gasteiger partial charge in [0.15, 0.2) is 0 Å². The zero-order valence-electron chi connectivity index (χ0n) is 7.48. The monoisotopic (exact) mass is 176 g/mol. The molecule has 0 aromatic carbocycles. The Morgan fingerprint density at radius 2 is 2.33 bits per heavy atom. The Morgan fingerprint density at radius 3 is 2.75 bits per heavy atom. The quantitative estimate of drug-likeness (QED) is 0.622. The third-order valence-electron chi connectivity index (χ3n) is 1.54. The summed E-state index contributed by atoms with van der Waals surface area (Å²) in [5.74, 6) is -0.0893. The van der Waals surface area contributed by atoms with E-state index in [-0.39, 0.29) is 5.91 Å². The van der Waals surface area contributed by atoms with Gasteiger partial charge in [-0.25, -0.2) is 4.39 Å². The van der Waals surface area contributed by atoms with Crippen LogP contribution in [-0.4, -0.2) is 25.2 Å². The summed E-state index contributed by atoms with van der Waals surface area (Å²) in [4.78, 5) is 11.0. The molecule has 1 atom stereocenters. The molecule has 4 heteroatoms. The van der Waals surface area contributed by atoms with Crippen molar-refractivity contribution in [1.82, 2.24) is 5.32 Å². The molecule has 72 valence electrons. The molecule has 12 heavy (non-hydrogen) atoms. The zero-order valence-corrected chi connectivity index (χ0v) is 7.48. The average molecular weight is 176 g/mol. The van der Waals surface area contributed by atoms with Crippen LogP contribution >= 0.6 is 0 Å². The Labute approximate surface area is 72.5 Å². The van der Waals surface area contributed by atoms with Crippen molar-refractivity contribution in [3.05, 3.63) is 0 Å². The summed E-state index contributed by atoms with van der Waals surface area (Å²) in [5, 5.41) is 2.57. The molecule has 0 aliphatic carbocycles. The lowest BCUT2D eigenvalue weighted by atomic mass is 10.2. The summed E-state index contributed by atoms with van der Waals surface area (Å²) in [6, 6.07) is -0.394. The van der Waals surface area contributed by atoms with E-state index in [2.05, 4.69) is 5.32 Å². The maximum absolute atomic E-state index is 12.2. The molecule has 1 unspecified atom stereocenters. The molecular formula is C8H17FN2O. The van der Waals surface area contributed by atoms with Crippen molar-refractivity contribution in [2.45, 2.75) is 32.2 Å². The predicted octanol–water partition coefficient (Wildman–Crippen LogP) is 0.590. The highest BCUT2D eigenvalue weighted by Crippen LogP contribution is 1.94. The normalized spacial score (nSPS) is 12.6. The summed E-state index contributed by atoms with van der Waals surface area (Å²) in [5.41, 5.74) is 5.24. The van der Waals surface area contributed by atoms with E-state index in [0.717, 1.165) is 6.42 Å². The maximum Gasteiger partial charge on any atom is 0.220 e. The molecule has 3 nitrogen and oxygen atoms in total. The number of nitrogens with two attached hydrogens (primary N) is 1. The standard InChI is InChI=1S/C8H17FN2O/c1-2-3-8(12)11-7(6-9)4-5-10/h7H,2-6,10H2,1H3,(H,11,12). The van der Waals surface area contributed by atoms with Gasteiger partial charge in [0.1, 0.15) is 6.67 Å². The lowest BCUT2D eigenvalue weighted by Crippen LogP contribution is -2.37. The largest absolute Gasteiger partial charge is 0.351 e. The second-order valence-corrected chi connectivity index (χ2v) is 2.75. The molecule has 0 rings (SSSR count). The Morgan fingerprint density at radius 1 is 1.67 bits per heavy atom. The molecule has 0 saturated carbocycles. The molecule has 0 aromatic rings. The van der Waals surface area contributed by atoms with Crippen LogP contribution in [-0.2, 0) is 4.79 Å². The molecule has 0 heterocycles. The summed E-state index contributed by atoms with van der Waals surface area (Å²) >= 11 is 0. The predicted molar refractivity (Wildman–Crippen MR) is 46.5 cm³/mol. The number of nitrogens with one attached hydrogen (secondary N) is 1. The van der Waals surface area contributed by atoms with Gasteiger partial charge in [0.2, 0.25) is 5.91 Å². The fourth-order valence-corrected chi connectivity index (χ4v) is 0.916. The van der Waals surface area contributed by atoms with Crippen molar-refractivity contribution in [3.63, 3.8) is 0 Å². The molecule has 0 fully saturated rings. The summed E-state index contributed by atoms with van der Waals surface area (Å²) in [6.45, 7) is 1.78. The van der Waals surface area contributed by atoms with Crippen LogP contribution in [0.25, 0.3) is 0 Å². The van der Waals surface area contributed by atoms with Gasteiger partial charge < -0.3 is 11.1 Å². The van der Waals surface area contributed by atoms with E-state index in [0.29, 0.717) is 19.4 Å². The third kappa shape index (κ3) is 5.07. The van der Waals surface area contributed by atoms with E-state index in [1.165, 1.54) is 0 Å². The van der Waals surface area contributed by atoms with Gasteiger partial charge in [-0.1, -0.05) is 6.92 Å². The Hall–Kier alpha value is -0.640. The van der Waals surface area contributed by atoms with E-state index < -0.39 is 12.7 Å². The van der Waals surface area contributed by atoms with Crippen LogP contribution < -0.4 is 11.1 Å². The number of hydrogen-bond donors (Lipinski definition) is 2. The minimum absolute atomic E-state index is 0.0893. The van der Waals surface area contributed by atoms with Gasteiger partial charge in [0, 0.05) is 6.42 Å². The van der Waals surface area contributed by atoms with Gasteiger partial charge in [0.25, 0.3) is 0 Å². The molecule has 0 saturated heterocycles. The third-order valence-corrected chi connectivity index (χ3v) is 1.54. The number of halogens is 1. The van der Waals surface area contributed by atoms with Crippen LogP contribution in [0.5, 0.6) is 0 Å². The second-order valence-electron chi connectivity index (χ2n) is 2.75. The number of rotatable bonds is 6. The van der Waals surface area contributed by atoms with Crippen molar-refractivity contribution in [1.29, 1.82) is 0 Å². The first-order valence-electron chi connectivity index (χ1n) is 4.30. The van der Waals surface area contributed by atoms with Crippen LogP contribution in [0.4, 0.5) is 4.39 Å². The van der Waals surface area contributed by atoms with Crippen LogP contribution in [0.15, 0.2) is 0 Å². The fourth-order valence-electron chi connectivity index (χ4n) is 0.916. The molecule has 3 N–H and O–H groups in total. The zero-order chi connectivity index (χ0) is 9.40. The Kier molecular flexibility index (Phi) is 6.66. The Balaban J connectivity index is 3.61. The smallest absolute Gasteiger partial charge is 0.220 e. The summed E-state index contributed by atoms with van der Waals surface area (Å²) < 4.78 is 12.2. The molecule has 0 aromatic heterocycles. The van der Waals surface area contributed by atoms with Crippen LogP contribution in [0.3, 0.4) is 0 Å². The van der Waals surface area contributed by atoms with E-state index in [1.807, 2.05) is 6.92 Å². The van der Waals surface area contributed by atoms with Gasteiger partial charge in [-0.15, -0.1) is 0 Å². The molecule has 1 amide bonds. The van der Waals surface area contributed by atoms with E-state index in [4.69, 9.17) is 5.73 Å². The lowest BCUT2D eigenvalue weighted by molar-refractivity contribution is -0.122. The Bertz CT molecular complexity index is 130.